The fraction of sp³-hybridized carbons (Fsp3) is 0.500. The number of hydrogen-bond acceptors (Lipinski definition) is 25. The highest BCUT2D eigenvalue weighted by Gasteiger charge is 2.43. The number of hydrogen-bond donors (Lipinski definition) is 26. The maximum atomic E-state index is 14.9. The predicted octanol–water partition coefficient (Wildman–Crippen LogP) is -7.66. The molecule has 5 rings (SSSR count). The molecule has 44 heteroatoms. The number of primary amides is 2. The van der Waals surface area contributed by atoms with Gasteiger partial charge in [0.2, 0.25) is 82.7 Å². The molecule has 0 bridgehead atoms. The van der Waals surface area contributed by atoms with E-state index >= 15 is 0 Å². The Morgan fingerprint density at radius 2 is 0.942 bits per heavy atom. The van der Waals surface area contributed by atoms with Crippen LogP contribution < -0.4 is 98.2 Å². The van der Waals surface area contributed by atoms with E-state index in [1.54, 1.807) is 30.3 Å². The average molecular weight is 1680 g/mol. The summed E-state index contributed by atoms with van der Waals surface area (Å²) in [6.45, 7) is 0.0743. The van der Waals surface area contributed by atoms with Crippen LogP contribution in [-0.2, 0) is 102 Å². The van der Waals surface area contributed by atoms with Gasteiger partial charge in [-0.1, -0.05) is 54.6 Å². The quantitative estimate of drug-likeness (QED) is 0.0111. The molecule has 1 aromatic heterocycles. The molecular formula is C76H110N22O22. The minimum Gasteiger partial charge on any atom is -0.508 e. The lowest BCUT2D eigenvalue weighted by Crippen LogP contribution is -2.62. The molecule has 14 amide bonds. The molecule has 14 atom stereocenters. The smallest absolute Gasteiger partial charge is 0.326 e. The number of amides is 14. The third-order valence-electron chi connectivity index (χ3n) is 19.1. The number of aromatic hydroxyl groups is 2. The van der Waals surface area contributed by atoms with E-state index in [2.05, 4.69) is 73.8 Å². The summed E-state index contributed by atoms with van der Waals surface area (Å²) in [5.41, 5.74) is 34.9. The number of H-pyrrole nitrogens is 1. The van der Waals surface area contributed by atoms with Crippen LogP contribution in [0.15, 0.2) is 91.4 Å². The summed E-state index contributed by atoms with van der Waals surface area (Å²) in [5.74, 6) is -19.1. The van der Waals surface area contributed by atoms with Crippen LogP contribution in [0.2, 0.25) is 0 Å². The molecular weight excluding hydrogens is 1570 g/mol. The third kappa shape index (κ3) is 33.6. The number of unbranched alkanes of at least 4 members (excludes halogenated alkanes) is 2. The average Bonchev–Trinajstić information content (AvgIpc) is 1.68. The number of carboxylic acids is 2. The van der Waals surface area contributed by atoms with Crippen LogP contribution >= 0.6 is 0 Å². The highest BCUT2D eigenvalue weighted by Crippen LogP contribution is 2.22. The fourth-order valence-electron chi connectivity index (χ4n) is 12.7. The summed E-state index contributed by atoms with van der Waals surface area (Å²) in [6, 6.07) is -2.79. The molecule has 656 valence electrons. The van der Waals surface area contributed by atoms with Crippen LogP contribution in [0.25, 0.3) is 0 Å². The Balaban J connectivity index is 1.39. The van der Waals surface area contributed by atoms with E-state index in [0.717, 1.165) is 11.8 Å². The van der Waals surface area contributed by atoms with Gasteiger partial charge in [0.1, 0.15) is 84.0 Å². The Bertz CT molecular complexity index is 4150. The molecule has 0 unspecified atom stereocenters. The summed E-state index contributed by atoms with van der Waals surface area (Å²) in [7, 11) is 0. The van der Waals surface area contributed by atoms with Gasteiger partial charge >= 0.3 is 11.9 Å². The third-order valence-corrected chi connectivity index (χ3v) is 19.1. The number of guanidine groups is 1. The number of aliphatic hydroxyl groups is 2. The van der Waals surface area contributed by atoms with Crippen LogP contribution in [-0.4, -0.2) is 264 Å². The number of nitrogens with zero attached hydrogens (tertiary/aromatic N) is 2. The monoisotopic (exact) mass is 1680 g/mol. The molecule has 120 heavy (non-hydrogen) atoms. The van der Waals surface area contributed by atoms with Crippen molar-refractivity contribution in [3.8, 4) is 11.5 Å². The number of carboxylic acid groups (broad SMARTS) is 2. The molecule has 44 nitrogen and oxygen atoms in total. The molecule has 0 spiro atoms. The van der Waals surface area contributed by atoms with Crippen molar-refractivity contribution >= 4 is 101 Å². The van der Waals surface area contributed by atoms with Crippen LogP contribution in [0, 0.1) is 5.41 Å². The molecule has 0 aliphatic carbocycles. The zero-order chi connectivity index (χ0) is 88.7. The standard InChI is InChI=1S/C76H110N22O22/c1-40(100)62(97-72(116)58-16-10-30-98(58)74(118)50(13-5-7-27-77)89-71(115)57(38-99)96-68(112)52(32-42-17-21-45(101)22-18-42)91-63(107)47(79)35-60(81)104)73(117)95-56(36-61(105)106)70(114)87-48(15-9-29-85-76(82)83)64(108)88-49(25-26-59(80)103)65(109)92-54(33-43-19-23-46(102)24-20-43)67(111)94-55(34-44-37-84-39-86-44)69(113)93-53(31-41-11-3-2-4-12-41)66(110)90-51(75(119)120)14-6-8-28-78/h2-4,11-12,17-24,37,39-40,47-58,62,99-102H,5-10,13-16,25-36,38,77-79H2,1H3,(H2,80,103)(H2,81,104)(H,84,86)(H,87,114)(H,88,108)(H,89,115)(H,90,110)(H,91,107)(H,92,109)(H,93,113)(H,94,111)(H,95,117)(H,96,112)(H,97,116)(H,105,106)(H,119,120)(H4,82,83,85)/t40-,47+,48+,49+,50+,51+,52+,53+,54+,55+,56+,57+,58+,62+/m1/s1. The SMILES string of the molecule is C[C@@H](O)[C@H](NC(=O)[C@@H]1CCCN1C(=O)[C@H](CCCCN)NC(=O)[C@H](CO)NC(=O)[C@H](Cc1ccc(O)cc1)NC(=O)[C@@H](N)CC(N)=O)C(=O)N[C@@H](CC(=O)O)C(=O)N[C@@H](CCCNC(=N)N)C(=O)N[C@@H](CCC(N)=O)C(=O)N[C@@H](Cc1ccc(O)cc1)C(=O)N[C@@H](Cc1c[nH]cn1)C(=O)N[C@@H](Cc1ccccc1)C(=O)N[C@@H](CCCCN)C(=O)O. The number of phenols is 2. The Hall–Kier alpha value is -12.9. The van der Waals surface area contributed by atoms with Gasteiger partial charge in [0.15, 0.2) is 5.96 Å². The second kappa shape index (κ2) is 50.0. The number of rotatable bonds is 53. The first-order chi connectivity index (χ1) is 57.0. The number of carbonyl (C=O) groups excluding carboxylic acids is 14. The highest BCUT2D eigenvalue weighted by molar-refractivity contribution is 6.01. The summed E-state index contributed by atoms with van der Waals surface area (Å²) in [5, 5.41) is 98.7. The first-order valence-corrected chi connectivity index (χ1v) is 38.8. The van der Waals surface area contributed by atoms with E-state index in [0.29, 0.717) is 36.0 Å². The number of imidazole rings is 1. The molecule has 0 radical (unpaired) electrons. The molecule has 3 aromatic carbocycles. The van der Waals surface area contributed by atoms with Crippen molar-refractivity contribution in [2.75, 3.05) is 32.8 Å². The maximum Gasteiger partial charge on any atom is 0.326 e. The van der Waals surface area contributed by atoms with Crippen molar-refractivity contribution in [1.29, 1.82) is 5.41 Å². The number of aliphatic hydroxyl groups excluding tert-OH is 2. The molecule has 1 saturated heterocycles. The number of likely N-dealkylation sites (tertiary alicyclic amines) is 1. The van der Waals surface area contributed by atoms with Crippen LogP contribution in [0.4, 0.5) is 0 Å². The van der Waals surface area contributed by atoms with Gasteiger partial charge < -0.3 is 139 Å². The van der Waals surface area contributed by atoms with Gasteiger partial charge in [0.05, 0.1) is 43.6 Å². The molecule has 1 aliphatic heterocycles. The number of aromatic nitrogens is 2. The van der Waals surface area contributed by atoms with E-state index in [4.69, 9.17) is 39.8 Å². The number of aliphatic carboxylic acids is 2. The van der Waals surface area contributed by atoms with Crippen molar-refractivity contribution in [2.24, 2.45) is 34.4 Å². The number of carbonyl (C=O) groups is 16. The van der Waals surface area contributed by atoms with E-state index in [-0.39, 0.29) is 101 Å². The summed E-state index contributed by atoms with van der Waals surface area (Å²) >= 11 is 0. The van der Waals surface area contributed by atoms with Gasteiger partial charge in [-0.3, -0.25) is 77.3 Å². The van der Waals surface area contributed by atoms with Crippen molar-refractivity contribution in [3.63, 3.8) is 0 Å². The topological polar surface area (TPSA) is 751 Å². The molecule has 4 aromatic rings. The second-order valence-electron chi connectivity index (χ2n) is 28.7. The first kappa shape index (κ1) is 97.6. The second-order valence-corrected chi connectivity index (χ2v) is 28.7. The Morgan fingerprint density at radius 3 is 1.41 bits per heavy atom. The van der Waals surface area contributed by atoms with Gasteiger partial charge in [-0.15, -0.1) is 0 Å². The molecule has 1 aliphatic rings. The van der Waals surface area contributed by atoms with Crippen molar-refractivity contribution < 1.29 is 107 Å². The lowest BCUT2D eigenvalue weighted by Gasteiger charge is -2.31. The van der Waals surface area contributed by atoms with Crippen molar-refractivity contribution in [2.45, 2.75) is 207 Å². The lowest BCUT2D eigenvalue weighted by atomic mass is 10.0. The highest BCUT2D eigenvalue weighted by atomic mass is 16.4. The Kier molecular flexibility index (Phi) is 40.7. The normalized spacial score (nSPS) is 15.6. The van der Waals surface area contributed by atoms with E-state index in [9.17, 15) is 107 Å². The Morgan fingerprint density at radius 1 is 0.508 bits per heavy atom. The van der Waals surface area contributed by atoms with E-state index in [1.165, 1.54) is 61.1 Å². The van der Waals surface area contributed by atoms with Gasteiger partial charge in [0, 0.05) is 51.4 Å². The van der Waals surface area contributed by atoms with Crippen LogP contribution in [0.1, 0.15) is 119 Å². The predicted molar refractivity (Wildman–Crippen MR) is 426 cm³/mol. The lowest BCUT2D eigenvalue weighted by molar-refractivity contribution is -0.144. The minimum atomic E-state index is -2.16. The van der Waals surface area contributed by atoms with Crippen molar-refractivity contribution in [3.05, 3.63) is 114 Å². The molecule has 0 saturated carbocycles. The minimum absolute atomic E-state index is 0.00594. The zero-order valence-corrected chi connectivity index (χ0v) is 66.1. The summed E-state index contributed by atoms with van der Waals surface area (Å²) in [4.78, 5) is 229. The van der Waals surface area contributed by atoms with Crippen molar-refractivity contribution in [1.82, 2.24) is 78.7 Å². The number of benzene rings is 3. The van der Waals surface area contributed by atoms with Crippen LogP contribution in [0.5, 0.6) is 11.5 Å². The van der Waals surface area contributed by atoms with Gasteiger partial charge in [-0.2, -0.15) is 0 Å². The number of aromatic amines is 1. The molecule has 2 heterocycles. The largest absolute Gasteiger partial charge is 0.508 e. The van der Waals surface area contributed by atoms with E-state index < -0.39 is 230 Å². The van der Waals surface area contributed by atoms with Gasteiger partial charge in [0.25, 0.3) is 0 Å². The van der Waals surface area contributed by atoms with Gasteiger partial charge in [-0.25, -0.2) is 9.78 Å². The number of nitrogens with one attached hydrogen (secondary N) is 14. The summed E-state index contributed by atoms with van der Waals surface area (Å²) < 4.78 is 0. The summed E-state index contributed by atoms with van der Waals surface area (Å²) in [6.07, 6.45) is -2.81. The van der Waals surface area contributed by atoms with Gasteiger partial charge in [-0.05, 0) is 132 Å². The van der Waals surface area contributed by atoms with Crippen LogP contribution in [0.3, 0.4) is 0 Å². The molecule has 1 fully saturated rings. The first-order valence-electron chi connectivity index (χ1n) is 38.8. The Labute approximate surface area is 689 Å². The maximum absolute atomic E-state index is 14.9. The zero-order valence-electron chi connectivity index (χ0n) is 66.1. The molecule has 32 N–H and O–H groups in total. The number of nitrogens with two attached hydrogens (primary N) is 6. The van der Waals surface area contributed by atoms with E-state index in [1.807, 2.05) is 0 Å². The number of phenolic OH excluding ortho intramolecular Hbond substituents is 2. The fourth-order valence-corrected chi connectivity index (χ4v) is 12.7.